The van der Waals surface area contributed by atoms with Crippen LogP contribution in [-0.2, 0) is 33.1 Å². The summed E-state index contributed by atoms with van der Waals surface area (Å²) in [6.07, 6.45) is 12.2. The maximum absolute atomic E-state index is 12.8. The maximum Gasteiger partial charge on any atom is 0.338 e. The van der Waals surface area contributed by atoms with Crippen LogP contribution in [0.3, 0.4) is 0 Å². The SMILES string of the molecule is CN1CCN(CCN)CC1.CN1CCN(CCNC(=O)c2cc(S(N)(=O)=O)c(Cl)cc2NCc2ccco2)CC1.NS(=O)(=O)c1cc(C(=O)O)c(NCc2ccco2)cc1Cl.O=C(n1ccnc1)n1ccnc1. The lowest BCUT2D eigenvalue weighted by atomic mass is 10.1. The highest BCUT2D eigenvalue weighted by Crippen LogP contribution is 2.30. The largest absolute Gasteiger partial charge is 0.478 e. The number of benzene rings is 2. The van der Waals surface area contributed by atoms with Crippen molar-refractivity contribution in [2.75, 3.05) is 103 Å². The molecule has 1 amide bonds. The van der Waals surface area contributed by atoms with Crippen molar-refractivity contribution in [2.45, 2.75) is 22.9 Å². The Bertz CT molecular complexity index is 2860. The topological polar surface area (TPSA) is 329 Å². The van der Waals surface area contributed by atoms with Crippen LogP contribution in [0, 0.1) is 0 Å². The molecule has 73 heavy (non-hydrogen) atoms. The molecule has 2 saturated heterocycles. The molecule has 0 atom stereocenters. The smallest absolute Gasteiger partial charge is 0.338 e. The van der Waals surface area contributed by atoms with Gasteiger partial charge in [-0.05, 0) is 62.6 Å². The third-order valence-corrected chi connectivity index (χ3v) is 13.9. The number of hydrogen-bond acceptors (Lipinski definition) is 18. The molecule has 4 aromatic heterocycles. The number of hydrogen-bond donors (Lipinski definition) is 7. The highest BCUT2D eigenvalue weighted by Gasteiger charge is 2.23. The van der Waals surface area contributed by atoms with Crippen molar-refractivity contribution in [1.29, 1.82) is 0 Å². The van der Waals surface area contributed by atoms with Crippen LogP contribution in [0.1, 0.15) is 32.2 Å². The number of carbonyl (C=O) groups excluding carboxylic acids is 2. The molecule has 2 aromatic carbocycles. The fourth-order valence-electron chi connectivity index (χ4n) is 7.02. The number of anilines is 2. The van der Waals surface area contributed by atoms with Gasteiger partial charge in [0.25, 0.3) is 5.91 Å². The fourth-order valence-corrected chi connectivity index (χ4v) is 9.22. The van der Waals surface area contributed by atoms with Crippen LogP contribution in [0.15, 0.2) is 117 Å². The van der Waals surface area contributed by atoms with Crippen LogP contribution < -0.4 is 32.0 Å². The number of nitrogens with zero attached hydrogens (tertiary/aromatic N) is 8. The van der Waals surface area contributed by atoms with Gasteiger partial charge in [0.1, 0.15) is 34.0 Å². The zero-order valence-electron chi connectivity index (χ0n) is 40.1. The second-order valence-corrected chi connectivity index (χ2v) is 20.3. The van der Waals surface area contributed by atoms with Crippen LogP contribution in [0.2, 0.25) is 10.0 Å². The number of aromatic nitrogens is 4. The molecule has 24 nitrogen and oxygen atoms in total. The minimum Gasteiger partial charge on any atom is -0.478 e. The van der Waals surface area contributed by atoms with E-state index < -0.39 is 36.8 Å². The Balaban J connectivity index is 0.000000198. The highest BCUT2D eigenvalue weighted by atomic mass is 35.5. The number of halogens is 2. The first kappa shape index (κ1) is 57.7. The van der Waals surface area contributed by atoms with Crippen molar-refractivity contribution in [1.82, 2.24) is 44.0 Å². The third kappa shape index (κ3) is 18.4. The monoisotopic (exact) mass is 1090 g/mol. The van der Waals surface area contributed by atoms with E-state index in [0.717, 1.165) is 45.3 Å². The van der Waals surface area contributed by atoms with Crippen LogP contribution in [0.4, 0.5) is 16.2 Å². The van der Waals surface area contributed by atoms with E-state index in [9.17, 15) is 31.2 Å². The molecule has 2 fully saturated rings. The predicted octanol–water partition coefficient (Wildman–Crippen LogP) is 2.85. The maximum atomic E-state index is 12.8. The Morgan fingerprint density at radius 2 is 1.12 bits per heavy atom. The molecule has 0 radical (unpaired) electrons. The van der Waals surface area contributed by atoms with Gasteiger partial charge in [0.2, 0.25) is 20.0 Å². The van der Waals surface area contributed by atoms with Crippen LogP contribution in [-0.4, -0.2) is 171 Å². The van der Waals surface area contributed by atoms with E-state index in [1.54, 1.807) is 55.3 Å². The molecule has 396 valence electrons. The summed E-state index contributed by atoms with van der Waals surface area (Å²) in [7, 11) is -3.93. The summed E-state index contributed by atoms with van der Waals surface area (Å²) in [5.74, 6) is -0.479. The van der Waals surface area contributed by atoms with Crippen LogP contribution in [0.5, 0.6) is 0 Å². The lowest BCUT2D eigenvalue weighted by Crippen LogP contribution is -2.46. The van der Waals surface area contributed by atoms with Gasteiger partial charge in [0.15, 0.2) is 0 Å². The first-order valence-corrected chi connectivity index (χ1v) is 26.4. The van der Waals surface area contributed by atoms with Gasteiger partial charge in [-0.3, -0.25) is 23.7 Å². The molecular weight excluding hydrogens is 1030 g/mol. The molecule has 6 heterocycles. The number of carboxylic acids is 1. The molecule has 28 heteroatoms. The number of carboxylic acid groups (broad SMARTS) is 1. The number of piperazine rings is 2. The molecule has 2 aliphatic heterocycles. The summed E-state index contributed by atoms with van der Waals surface area (Å²) in [4.78, 5) is 51.6. The Labute approximate surface area is 433 Å². The number of rotatable bonds is 15. The van der Waals surface area contributed by atoms with Gasteiger partial charge >= 0.3 is 12.0 Å². The summed E-state index contributed by atoms with van der Waals surface area (Å²) in [6, 6.07) is 11.4. The number of aromatic carboxylic acids is 1. The average molecular weight is 1090 g/mol. The lowest BCUT2D eigenvalue weighted by Gasteiger charge is -2.32. The standard InChI is InChI=1S/C19H26ClN5O4S.C12H11ClN2O5S.C7H6N4O.C7H17N3/c1-24-6-8-25(9-7-24)5-4-22-19(26)15-11-18(30(21,27)28)16(20)12-17(15)23-13-14-3-2-10-29-14;13-9-5-10(15-6-7-2-1-3-20-7)8(12(16)17)4-11(9)21(14,18)19;12-7(10-3-1-8-5-10)11-4-2-9-6-11;1-9-4-6-10(3-2-8)7-5-9/h2-3,10-12,23H,4-9,13H2,1H3,(H,22,26)(H2,21,27,28);1-5,15H,6H2,(H,16,17)(H2,14,18,19);1-6H;2-8H2,1H3. The number of carbonyl (C=O) groups is 3. The minimum atomic E-state index is -4.11. The number of likely N-dealkylation sites (N-methyl/N-ethyl adjacent to an activating group) is 2. The Hall–Kier alpha value is -6.17. The molecule has 0 spiro atoms. The Morgan fingerprint density at radius 1 is 0.685 bits per heavy atom. The molecule has 6 aromatic rings. The number of nitrogens with one attached hydrogen (secondary N) is 3. The van der Waals surface area contributed by atoms with Gasteiger partial charge in [-0.15, -0.1) is 0 Å². The summed E-state index contributed by atoms with van der Waals surface area (Å²) in [6.45, 7) is 12.2. The number of imidazole rings is 2. The van der Waals surface area contributed by atoms with E-state index in [2.05, 4.69) is 59.6 Å². The third-order valence-electron chi connectivity index (χ3n) is 11.1. The first-order valence-electron chi connectivity index (χ1n) is 22.5. The summed E-state index contributed by atoms with van der Waals surface area (Å²) >= 11 is 11.9. The molecular formula is C45H60Cl2N14O10S2. The van der Waals surface area contributed by atoms with E-state index >= 15 is 0 Å². The summed E-state index contributed by atoms with van der Waals surface area (Å²) in [5, 5.41) is 27.9. The zero-order chi connectivity index (χ0) is 53.1. The highest BCUT2D eigenvalue weighted by molar-refractivity contribution is 7.89. The summed E-state index contributed by atoms with van der Waals surface area (Å²) < 4.78 is 59.5. The molecule has 8 rings (SSSR count). The predicted molar refractivity (Wildman–Crippen MR) is 275 cm³/mol. The van der Waals surface area contributed by atoms with Crippen LogP contribution in [0.25, 0.3) is 0 Å². The first-order chi connectivity index (χ1) is 34.7. The Kier molecular flexibility index (Phi) is 22.0. The zero-order valence-corrected chi connectivity index (χ0v) is 43.3. The van der Waals surface area contributed by atoms with Gasteiger partial charge in [-0.25, -0.2) is 46.7 Å². The van der Waals surface area contributed by atoms with Gasteiger partial charge in [0, 0.05) is 109 Å². The molecule has 2 aliphatic rings. The van der Waals surface area contributed by atoms with Crippen LogP contribution >= 0.6 is 23.2 Å². The quantitative estimate of drug-likeness (QED) is 0.0777. The number of primary sulfonamides is 2. The molecule has 0 unspecified atom stereocenters. The van der Waals surface area contributed by atoms with Crippen molar-refractivity contribution in [3.63, 3.8) is 0 Å². The van der Waals surface area contributed by atoms with Crippen molar-refractivity contribution < 1.29 is 45.2 Å². The number of nitrogens with two attached hydrogens (primary N) is 3. The van der Waals surface area contributed by atoms with E-state index in [1.165, 1.54) is 72.4 Å². The fraction of sp³-hybridized carbons (Fsp3) is 0.356. The van der Waals surface area contributed by atoms with Crippen molar-refractivity contribution in [3.05, 3.63) is 131 Å². The average Bonchev–Trinajstić information content (AvgIpc) is 4.21. The van der Waals surface area contributed by atoms with Gasteiger partial charge in [0.05, 0.1) is 52.5 Å². The minimum absolute atomic E-state index is 0.0616. The van der Waals surface area contributed by atoms with Gasteiger partial charge < -0.3 is 45.4 Å². The normalized spacial score (nSPS) is 14.6. The molecule has 10 N–H and O–H groups in total. The summed E-state index contributed by atoms with van der Waals surface area (Å²) in [5.41, 5.74) is 5.88. The molecule has 0 saturated carbocycles. The van der Waals surface area contributed by atoms with Crippen molar-refractivity contribution >= 4 is 72.5 Å². The molecule has 0 aliphatic carbocycles. The van der Waals surface area contributed by atoms with E-state index in [0.29, 0.717) is 36.8 Å². The second kappa shape index (κ2) is 27.8. The number of furan rings is 2. The number of sulfonamides is 2. The second-order valence-electron chi connectivity index (χ2n) is 16.5. The van der Waals surface area contributed by atoms with Crippen molar-refractivity contribution in [3.8, 4) is 0 Å². The Morgan fingerprint density at radius 3 is 1.51 bits per heavy atom. The van der Waals surface area contributed by atoms with Gasteiger partial charge in [-0.2, -0.15) is 0 Å². The van der Waals surface area contributed by atoms with E-state index in [4.69, 9.17) is 53.2 Å². The lowest BCUT2D eigenvalue weighted by molar-refractivity contribution is 0.0697. The van der Waals surface area contributed by atoms with E-state index in [1.807, 2.05) is 0 Å². The van der Waals surface area contributed by atoms with Gasteiger partial charge in [-0.1, -0.05) is 23.2 Å². The number of amides is 1. The van der Waals surface area contributed by atoms with E-state index in [-0.39, 0.29) is 44.3 Å². The van der Waals surface area contributed by atoms with Crippen molar-refractivity contribution in [2.24, 2.45) is 16.0 Å². The molecule has 0 bridgehead atoms.